The van der Waals surface area contributed by atoms with Crippen molar-refractivity contribution in [2.45, 2.75) is 25.8 Å². The third kappa shape index (κ3) is 4.62. The number of carbonyl (C=O) groups excluding carboxylic acids is 1. The molecule has 0 unspecified atom stereocenters. The summed E-state index contributed by atoms with van der Waals surface area (Å²) in [4.78, 5) is 13.9. The summed E-state index contributed by atoms with van der Waals surface area (Å²) in [6, 6.07) is 7.84. The Labute approximate surface area is 120 Å². The van der Waals surface area contributed by atoms with Crippen molar-refractivity contribution in [3.8, 4) is 0 Å². The number of hydrogen-bond acceptors (Lipinski definition) is 3. The van der Waals surface area contributed by atoms with Crippen molar-refractivity contribution in [1.29, 1.82) is 0 Å². The lowest BCUT2D eigenvalue weighted by Gasteiger charge is -2.18. The molecule has 0 radical (unpaired) electrons. The summed E-state index contributed by atoms with van der Waals surface area (Å²) in [5.74, 6) is 0.883. The average Bonchev–Trinajstić information content (AvgIpc) is 3.28. The van der Waals surface area contributed by atoms with Crippen molar-refractivity contribution in [1.82, 2.24) is 4.90 Å². The summed E-state index contributed by atoms with van der Waals surface area (Å²) >= 11 is 0. The number of nitrogens with zero attached hydrogens (tertiary/aromatic N) is 1. The second kappa shape index (κ2) is 7.41. The lowest BCUT2D eigenvalue weighted by atomic mass is 10.0. The van der Waals surface area contributed by atoms with Gasteiger partial charge in [0.2, 0.25) is 5.91 Å². The van der Waals surface area contributed by atoms with E-state index in [-0.39, 0.29) is 5.91 Å². The Morgan fingerprint density at radius 3 is 2.70 bits per heavy atom. The van der Waals surface area contributed by atoms with E-state index in [2.05, 4.69) is 0 Å². The zero-order valence-electron chi connectivity index (χ0n) is 12.2. The van der Waals surface area contributed by atoms with Crippen LogP contribution >= 0.6 is 0 Å². The fraction of sp³-hybridized carbons (Fsp3) is 0.562. The van der Waals surface area contributed by atoms with Gasteiger partial charge in [-0.05, 0) is 29.9 Å². The van der Waals surface area contributed by atoms with Gasteiger partial charge in [0.25, 0.3) is 0 Å². The molecule has 0 aliphatic heterocycles. The van der Waals surface area contributed by atoms with Crippen molar-refractivity contribution in [2.75, 3.05) is 26.8 Å². The standard InChI is InChI=1S/C16H24N2O2/c1-18(8-9-20-12-13-6-7-13)16(19)10-14-4-2-3-5-15(14)11-17/h2-5,13H,6-12,17H2,1H3. The van der Waals surface area contributed by atoms with Gasteiger partial charge in [0.05, 0.1) is 13.0 Å². The number of carbonyl (C=O) groups is 1. The Balaban J connectivity index is 1.74. The third-order valence-electron chi connectivity index (χ3n) is 3.73. The Morgan fingerprint density at radius 2 is 2.05 bits per heavy atom. The second-order valence-corrected chi connectivity index (χ2v) is 5.48. The molecule has 0 heterocycles. The molecule has 1 saturated carbocycles. The summed E-state index contributed by atoms with van der Waals surface area (Å²) in [6.45, 7) is 2.59. The molecule has 4 heteroatoms. The van der Waals surface area contributed by atoms with E-state index in [9.17, 15) is 4.79 Å². The molecule has 4 nitrogen and oxygen atoms in total. The van der Waals surface area contributed by atoms with Gasteiger partial charge in [-0.1, -0.05) is 24.3 Å². The molecular formula is C16H24N2O2. The van der Waals surface area contributed by atoms with E-state index in [0.29, 0.717) is 26.1 Å². The van der Waals surface area contributed by atoms with Crippen LogP contribution in [0.3, 0.4) is 0 Å². The summed E-state index contributed by atoms with van der Waals surface area (Å²) in [7, 11) is 1.83. The predicted octanol–water partition coefficient (Wildman–Crippen LogP) is 1.57. The highest BCUT2D eigenvalue weighted by Crippen LogP contribution is 2.28. The smallest absolute Gasteiger partial charge is 0.226 e. The molecule has 1 aliphatic rings. The van der Waals surface area contributed by atoms with Gasteiger partial charge in [-0.3, -0.25) is 4.79 Å². The molecule has 0 spiro atoms. The Morgan fingerprint density at radius 1 is 1.35 bits per heavy atom. The van der Waals surface area contributed by atoms with Crippen molar-refractivity contribution in [3.63, 3.8) is 0 Å². The van der Waals surface area contributed by atoms with Crippen LogP contribution in [-0.2, 0) is 22.5 Å². The van der Waals surface area contributed by atoms with E-state index in [1.54, 1.807) is 4.90 Å². The van der Waals surface area contributed by atoms with Crippen LogP contribution in [0.1, 0.15) is 24.0 Å². The first-order valence-corrected chi connectivity index (χ1v) is 7.29. The number of benzene rings is 1. The molecule has 0 atom stereocenters. The number of ether oxygens (including phenoxy) is 1. The molecule has 1 aliphatic carbocycles. The molecule has 2 N–H and O–H groups in total. The lowest BCUT2D eigenvalue weighted by Crippen LogP contribution is -2.31. The molecule has 1 fully saturated rings. The maximum atomic E-state index is 12.2. The maximum absolute atomic E-state index is 12.2. The Bertz CT molecular complexity index is 444. The van der Waals surface area contributed by atoms with Gasteiger partial charge in [0.15, 0.2) is 0 Å². The first-order chi connectivity index (χ1) is 9.70. The Kier molecular flexibility index (Phi) is 5.56. The average molecular weight is 276 g/mol. The van der Waals surface area contributed by atoms with Crippen LogP contribution in [0, 0.1) is 5.92 Å². The SMILES string of the molecule is CN(CCOCC1CC1)C(=O)Cc1ccccc1CN. The quantitative estimate of drug-likeness (QED) is 0.733. The minimum absolute atomic E-state index is 0.112. The first-order valence-electron chi connectivity index (χ1n) is 7.29. The van der Waals surface area contributed by atoms with Gasteiger partial charge >= 0.3 is 0 Å². The van der Waals surface area contributed by atoms with Gasteiger partial charge in [0, 0.05) is 26.7 Å². The highest BCUT2D eigenvalue weighted by atomic mass is 16.5. The maximum Gasteiger partial charge on any atom is 0.226 e. The van der Waals surface area contributed by atoms with E-state index in [4.69, 9.17) is 10.5 Å². The van der Waals surface area contributed by atoms with Crippen LogP contribution in [0.25, 0.3) is 0 Å². The number of amides is 1. The van der Waals surface area contributed by atoms with Gasteiger partial charge < -0.3 is 15.4 Å². The summed E-state index contributed by atoms with van der Waals surface area (Å²) in [5, 5.41) is 0. The van der Waals surface area contributed by atoms with Crippen LogP contribution in [0.2, 0.25) is 0 Å². The van der Waals surface area contributed by atoms with Crippen LogP contribution in [0.15, 0.2) is 24.3 Å². The number of rotatable bonds is 8. The fourth-order valence-corrected chi connectivity index (χ4v) is 2.09. The summed E-state index contributed by atoms with van der Waals surface area (Å²) < 4.78 is 5.56. The molecule has 110 valence electrons. The molecular weight excluding hydrogens is 252 g/mol. The summed E-state index contributed by atoms with van der Waals surface area (Å²) in [5.41, 5.74) is 7.75. The summed E-state index contributed by atoms with van der Waals surface area (Å²) in [6.07, 6.45) is 3.00. The van der Waals surface area contributed by atoms with Gasteiger partial charge in [-0.2, -0.15) is 0 Å². The monoisotopic (exact) mass is 276 g/mol. The van der Waals surface area contributed by atoms with Crippen LogP contribution in [0.5, 0.6) is 0 Å². The van der Waals surface area contributed by atoms with E-state index < -0.39 is 0 Å². The topological polar surface area (TPSA) is 55.6 Å². The predicted molar refractivity (Wildman–Crippen MR) is 79.2 cm³/mol. The molecule has 2 rings (SSSR count). The van der Waals surface area contributed by atoms with Crippen molar-refractivity contribution in [2.24, 2.45) is 11.7 Å². The molecule has 0 bridgehead atoms. The minimum atomic E-state index is 0.112. The molecule has 0 saturated heterocycles. The van der Waals surface area contributed by atoms with Crippen molar-refractivity contribution >= 4 is 5.91 Å². The normalized spacial score (nSPS) is 14.3. The zero-order valence-corrected chi connectivity index (χ0v) is 12.2. The number of likely N-dealkylation sites (N-methyl/N-ethyl adjacent to an activating group) is 1. The van der Waals surface area contributed by atoms with Crippen LogP contribution < -0.4 is 5.73 Å². The van der Waals surface area contributed by atoms with Crippen molar-refractivity contribution < 1.29 is 9.53 Å². The van der Waals surface area contributed by atoms with E-state index in [1.165, 1.54) is 12.8 Å². The first kappa shape index (κ1) is 15.0. The second-order valence-electron chi connectivity index (χ2n) is 5.48. The Hall–Kier alpha value is -1.39. The molecule has 0 aromatic heterocycles. The number of nitrogens with two attached hydrogens (primary N) is 1. The van der Waals surface area contributed by atoms with Gasteiger partial charge in [-0.15, -0.1) is 0 Å². The van der Waals surface area contributed by atoms with Crippen LogP contribution in [-0.4, -0.2) is 37.6 Å². The highest BCUT2D eigenvalue weighted by molar-refractivity contribution is 5.78. The minimum Gasteiger partial charge on any atom is -0.379 e. The zero-order chi connectivity index (χ0) is 14.4. The molecule has 20 heavy (non-hydrogen) atoms. The molecule has 1 aromatic rings. The van der Waals surface area contributed by atoms with Crippen LogP contribution in [0.4, 0.5) is 0 Å². The lowest BCUT2D eigenvalue weighted by molar-refractivity contribution is -0.129. The third-order valence-corrected chi connectivity index (χ3v) is 3.73. The van der Waals surface area contributed by atoms with E-state index in [0.717, 1.165) is 23.7 Å². The largest absolute Gasteiger partial charge is 0.379 e. The molecule has 1 aromatic carbocycles. The highest BCUT2D eigenvalue weighted by Gasteiger charge is 2.21. The van der Waals surface area contributed by atoms with Gasteiger partial charge in [0.1, 0.15) is 0 Å². The molecule has 1 amide bonds. The van der Waals surface area contributed by atoms with E-state index in [1.807, 2.05) is 31.3 Å². The number of hydrogen-bond donors (Lipinski definition) is 1. The van der Waals surface area contributed by atoms with E-state index >= 15 is 0 Å². The van der Waals surface area contributed by atoms with Gasteiger partial charge in [-0.25, -0.2) is 0 Å². The van der Waals surface area contributed by atoms with Crippen molar-refractivity contribution in [3.05, 3.63) is 35.4 Å². The fourth-order valence-electron chi connectivity index (χ4n) is 2.09.